The van der Waals surface area contributed by atoms with E-state index in [1.165, 1.54) is 25.4 Å². The molecule has 0 unspecified atom stereocenters. The molecule has 0 spiro atoms. The second kappa shape index (κ2) is 14.5. The van der Waals surface area contributed by atoms with E-state index in [1.807, 2.05) is 0 Å². The third-order valence-electron chi connectivity index (χ3n) is 8.43. The van der Waals surface area contributed by atoms with Crippen molar-refractivity contribution in [3.05, 3.63) is 42.1 Å². The number of hydrogen-bond donors (Lipinski definition) is 4. The number of carbonyl (C=O) groups excluding carboxylic acids is 4. The van der Waals surface area contributed by atoms with Gasteiger partial charge in [-0.2, -0.15) is 5.10 Å². The van der Waals surface area contributed by atoms with Crippen molar-refractivity contribution in [3.63, 3.8) is 0 Å². The lowest BCUT2D eigenvalue weighted by Gasteiger charge is -2.35. The summed E-state index contributed by atoms with van der Waals surface area (Å²) in [7, 11) is 0. The zero-order valence-corrected chi connectivity index (χ0v) is 26.0. The summed E-state index contributed by atoms with van der Waals surface area (Å²) < 4.78 is 7.42. The largest absolute Gasteiger partial charge is 0.481 e. The lowest BCUT2D eigenvalue weighted by molar-refractivity contribution is -0.143. The zero-order valence-electron chi connectivity index (χ0n) is 26.0. The van der Waals surface area contributed by atoms with E-state index in [-0.39, 0.29) is 62.0 Å². The van der Waals surface area contributed by atoms with Crippen LogP contribution in [-0.4, -0.2) is 127 Å². The Morgan fingerprint density at radius 3 is 2.26 bits per heavy atom. The summed E-state index contributed by atoms with van der Waals surface area (Å²) in [6.07, 6.45) is 0.384. The first-order chi connectivity index (χ1) is 22.5. The first-order valence-corrected chi connectivity index (χ1v) is 15.7. The number of nitrogens with zero attached hydrogens (tertiary/aromatic N) is 5. The summed E-state index contributed by atoms with van der Waals surface area (Å²) in [5.74, 6) is -2.94. The van der Waals surface area contributed by atoms with Crippen molar-refractivity contribution in [2.45, 2.75) is 69.7 Å². The molecule has 3 heterocycles. The minimum atomic E-state index is -1.21. The highest BCUT2D eigenvalue weighted by atomic mass is 16.5. The van der Waals surface area contributed by atoms with Gasteiger partial charge in [-0.1, -0.05) is 18.2 Å². The number of aromatic nitrogens is 2. The van der Waals surface area contributed by atoms with Gasteiger partial charge in [-0.15, -0.1) is 0 Å². The normalized spacial score (nSPS) is 19.1. The van der Waals surface area contributed by atoms with Crippen molar-refractivity contribution in [2.24, 2.45) is 0 Å². The van der Waals surface area contributed by atoms with Crippen LogP contribution in [0.25, 0.3) is 5.69 Å². The molecule has 0 bridgehead atoms. The summed E-state index contributed by atoms with van der Waals surface area (Å²) >= 11 is 0. The van der Waals surface area contributed by atoms with E-state index < -0.39 is 48.5 Å². The molecule has 1 aromatic carbocycles. The number of carboxylic acids is 1. The van der Waals surface area contributed by atoms with Crippen LogP contribution in [0.2, 0.25) is 0 Å². The predicted molar refractivity (Wildman–Crippen MR) is 164 cm³/mol. The molecular weight excluding hydrogens is 614 g/mol. The maximum absolute atomic E-state index is 13.5. The molecule has 3 aliphatic rings. The van der Waals surface area contributed by atoms with Crippen LogP contribution in [0.15, 0.2) is 36.4 Å². The number of rotatable bonds is 12. The van der Waals surface area contributed by atoms with E-state index >= 15 is 0 Å². The van der Waals surface area contributed by atoms with E-state index in [0.29, 0.717) is 25.1 Å². The summed E-state index contributed by atoms with van der Waals surface area (Å²) in [4.78, 5) is 79.8. The van der Waals surface area contributed by atoms with Gasteiger partial charge in [-0.3, -0.25) is 24.0 Å². The van der Waals surface area contributed by atoms with Gasteiger partial charge < -0.3 is 40.3 Å². The lowest BCUT2D eigenvalue weighted by Crippen LogP contribution is -2.55. The van der Waals surface area contributed by atoms with Crippen LogP contribution in [0, 0.1) is 0 Å². The van der Waals surface area contributed by atoms with Crippen molar-refractivity contribution in [2.75, 3.05) is 32.7 Å². The molecule has 0 radical (unpaired) electrons. The van der Waals surface area contributed by atoms with Gasteiger partial charge in [0.1, 0.15) is 12.1 Å². The number of likely N-dealkylation sites (tertiary alicyclic amines) is 1. The number of para-hydroxylation sites is 1. The lowest BCUT2D eigenvalue weighted by atomic mass is 10.1. The molecule has 1 saturated carbocycles. The van der Waals surface area contributed by atoms with E-state index in [1.54, 1.807) is 37.3 Å². The van der Waals surface area contributed by atoms with Gasteiger partial charge in [0.05, 0.1) is 5.69 Å². The molecule has 1 aromatic heterocycles. The summed E-state index contributed by atoms with van der Waals surface area (Å²) in [6.45, 7) is 2.34. The Morgan fingerprint density at radius 1 is 0.936 bits per heavy atom. The SMILES string of the molecule is C[C@@H](Oc1cc(C(=O)N[C@@H](CCC(=O)O)C(=O)N2CCN(C(=O)O)CC2)nn1-c1ccccc1)C(=O)N1CCC[C@H]1C(=O)NC1CC1. The third-order valence-corrected chi connectivity index (χ3v) is 8.43. The summed E-state index contributed by atoms with van der Waals surface area (Å²) in [6, 6.07) is 8.46. The number of hydrogen-bond acceptors (Lipinski definition) is 8. The second-order valence-electron chi connectivity index (χ2n) is 11.9. The molecule has 3 atom stereocenters. The van der Waals surface area contributed by atoms with Crippen LogP contribution in [0.5, 0.6) is 5.88 Å². The Kier molecular flexibility index (Phi) is 10.3. The second-order valence-corrected chi connectivity index (χ2v) is 11.9. The van der Waals surface area contributed by atoms with E-state index in [4.69, 9.17) is 4.74 Å². The van der Waals surface area contributed by atoms with Gasteiger partial charge in [0.25, 0.3) is 11.8 Å². The molecule has 3 fully saturated rings. The third kappa shape index (κ3) is 8.17. The van der Waals surface area contributed by atoms with Crippen molar-refractivity contribution in [3.8, 4) is 11.6 Å². The van der Waals surface area contributed by atoms with E-state index in [9.17, 15) is 39.0 Å². The molecule has 16 nitrogen and oxygen atoms in total. The minimum absolute atomic E-state index is 0.0681. The number of piperazine rings is 1. The topological polar surface area (TPSA) is 204 Å². The molecule has 2 aromatic rings. The molecule has 2 saturated heterocycles. The van der Waals surface area contributed by atoms with Gasteiger partial charge in [0.2, 0.25) is 17.7 Å². The minimum Gasteiger partial charge on any atom is -0.481 e. The number of carbonyl (C=O) groups is 6. The standard InChI is InChI=1S/C31H39N7O9/c1-19(29(43)37-13-5-8-24(37)28(42)32-20-9-10-20)47-25-18-23(34-38(25)21-6-3-2-4-7-21)27(41)33-22(11-12-26(39)40)30(44)35-14-16-36(17-15-35)31(45)46/h2-4,6-7,18-20,22,24H,5,8-17H2,1H3,(H,32,42)(H,33,41)(H,39,40)(H,45,46)/t19-,22+,24+/m1/s1. The fourth-order valence-corrected chi connectivity index (χ4v) is 5.70. The Morgan fingerprint density at radius 2 is 1.62 bits per heavy atom. The summed E-state index contributed by atoms with van der Waals surface area (Å²) in [5, 5.41) is 28.4. The van der Waals surface area contributed by atoms with Gasteiger partial charge in [0.15, 0.2) is 11.8 Å². The van der Waals surface area contributed by atoms with Crippen LogP contribution in [0.3, 0.4) is 0 Å². The van der Waals surface area contributed by atoms with E-state index in [2.05, 4.69) is 15.7 Å². The quantitative estimate of drug-likeness (QED) is 0.252. The average Bonchev–Trinajstić information content (AvgIpc) is 3.56. The van der Waals surface area contributed by atoms with Crippen molar-refractivity contribution >= 4 is 35.7 Å². The smallest absolute Gasteiger partial charge is 0.407 e. The van der Waals surface area contributed by atoms with Crippen molar-refractivity contribution in [1.82, 2.24) is 35.1 Å². The molecule has 252 valence electrons. The monoisotopic (exact) mass is 653 g/mol. The first kappa shape index (κ1) is 33.2. The fourth-order valence-electron chi connectivity index (χ4n) is 5.70. The predicted octanol–water partition coefficient (Wildman–Crippen LogP) is 0.695. The number of benzene rings is 1. The fraction of sp³-hybridized carbons (Fsp3) is 0.516. The van der Waals surface area contributed by atoms with Crippen LogP contribution >= 0.6 is 0 Å². The van der Waals surface area contributed by atoms with Crippen LogP contribution in [0.1, 0.15) is 55.9 Å². The Bertz CT molecular complexity index is 1500. The number of ether oxygens (including phenoxy) is 1. The maximum atomic E-state index is 13.5. The van der Waals surface area contributed by atoms with Gasteiger partial charge in [-0.05, 0) is 51.2 Å². The highest BCUT2D eigenvalue weighted by Gasteiger charge is 2.39. The van der Waals surface area contributed by atoms with Crippen LogP contribution in [-0.2, 0) is 19.2 Å². The Balaban J connectivity index is 1.32. The number of amides is 5. The van der Waals surface area contributed by atoms with Crippen LogP contribution < -0.4 is 15.4 Å². The van der Waals surface area contributed by atoms with Crippen molar-refractivity contribution < 1.29 is 43.7 Å². The molecule has 5 rings (SSSR count). The average molecular weight is 654 g/mol. The van der Waals surface area contributed by atoms with Crippen molar-refractivity contribution in [1.29, 1.82) is 0 Å². The van der Waals surface area contributed by atoms with Gasteiger partial charge in [0, 0.05) is 51.3 Å². The molecule has 2 aliphatic heterocycles. The van der Waals surface area contributed by atoms with Gasteiger partial charge >= 0.3 is 12.1 Å². The maximum Gasteiger partial charge on any atom is 0.407 e. The molecule has 47 heavy (non-hydrogen) atoms. The highest BCUT2D eigenvalue weighted by Crippen LogP contribution is 2.25. The molecule has 4 N–H and O–H groups in total. The number of aliphatic carboxylic acids is 1. The Labute approximate surface area is 270 Å². The highest BCUT2D eigenvalue weighted by molar-refractivity contribution is 5.96. The first-order valence-electron chi connectivity index (χ1n) is 15.7. The van der Waals surface area contributed by atoms with E-state index in [0.717, 1.165) is 12.8 Å². The molecule has 5 amide bonds. The zero-order chi connectivity index (χ0) is 33.7. The number of carboxylic acid groups (broad SMARTS) is 2. The van der Waals surface area contributed by atoms with Crippen LogP contribution in [0.4, 0.5) is 4.79 Å². The number of nitrogens with one attached hydrogen (secondary N) is 2. The molecule has 16 heteroatoms. The summed E-state index contributed by atoms with van der Waals surface area (Å²) in [5.41, 5.74) is 0.383. The van der Waals surface area contributed by atoms with Gasteiger partial charge in [-0.25, -0.2) is 9.48 Å². The molecular formula is C31H39N7O9. The Hall–Kier alpha value is -5.15. The molecule has 1 aliphatic carbocycles.